The zero-order valence-corrected chi connectivity index (χ0v) is 17.9. The van der Waals surface area contributed by atoms with Gasteiger partial charge in [0.1, 0.15) is 12.4 Å². The molecule has 0 saturated heterocycles. The highest BCUT2D eigenvalue weighted by Crippen LogP contribution is 2.44. The number of rotatable bonds is 5. The van der Waals surface area contributed by atoms with Crippen LogP contribution in [0.2, 0.25) is 5.02 Å². The largest absolute Gasteiger partial charge is 0.454 e. The van der Waals surface area contributed by atoms with Gasteiger partial charge >= 0.3 is 6.09 Å². The first-order chi connectivity index (χ1) is 15.7. The first-order valence-corrected chi connectivity index (χ1v) is 10.7. The number of fused-ring (bicyclic) bond motifs is 3. The van der Waals surface area contributed by atoms with Crippen LogP contribution >= 0.6 is 11.6 Å². The summed E-state index contributed by atoms with van der Waals surface area (Å²) in [7, 11) is 0. The van der Waals surface area contributed by atoms with Crippen molar-refractivity contribution in [2.75, 3.05) is 11.9 Å². The van der Waals surface area contributed by atoms with Crippen LogP contribution < -0.4 is 10.1 Å². The molecule has 0 aromatic heterocycles. The molecular formula is C27H20ClNO3. The molecule has 4 aromatic rings. The van der Waals surface area contributed by atoms with E-state index in [1.54, 1.807) is 18.2 Å². The molecule has 0 spiro atoms. The van der Waals surface area contributed by atoms with Crippen molar-refractivity contribution in [3.63, 3.8) is 0 Å². The molecule has 4 nitrogen and oxygen atoms in total. The lowest BCUT2D eigenvalue weighted by molar-refractivity contribution is 0.158. The summed E-state index contributed by atoms with van der Waals surface area (Å²) in [4.78, 5) is 12.7. The highest BCUT2D eigenvalue weighted by Gasteiger charge is 2.29. The Morgan fingerprint density at radius 3 is 2.09 bits per heavy atom. The summed E-state index contributed by atoms with van der Waals surface area (Å²) in [5.74, 6) is 0.984. The van der Waals surface area contributed by atoms with Gasteiger partial charge in [-0.25, -0.2) is 4.79 Å². The summed E-state index contributed by atoms with van der Waals surface area (Å²) in [5, 5.41) is 3.17. The van der Waals surface area contributed by atoms with Crippen LogP contribution in [0.4, 0.5) is 10.5 Å². The van der Waals surface area contributed by atoms with Crippen molar-refractivity contribution in [3.05, 3.63) is 113 Å². The van der Waals surface area contributed by atoms with Crippen LogP contribution in [0.1, 0.15) is 17.0 Å². The molecule has 5 rings (SSSR count). The molecule has 158 valence electrons. The average Bonchev–Trinajstić information content (AvgIpc) is 3.14. The number of ether oxygens (including phenoxy) is 2. The first-order valence-electron chi connectivity index (χ1n) is 10.3. The van der Waals surface area contributed by atoms with Crippen molar-refractivity contribution >= 4 is 23.4 Å². The van der Waals surface area contributed by atoms with E-state index in [4.69, 9.17) is 21.1 Å². The number of carbonyl (C=O) groups is 1. The van der Waals surface area contributed by atoms with Gasteiger partial charge in [0.25, 0.3) is 0 Å². The number of benzene rings is 4. The van der Waals surface area contributed by atoms with E-state index in [1.165, 1.54) is 11.1 Å². The van der Waals surface area contributed by atoms with Gasteiger partial charge in [0.15, 0.2) is 5.75 Å². The van der Waals surface area contributed by atoms with E-state index in [0.29, 0.717) is 22.2 Å². The standard InChI is InChI=1S/C27H20ClNO3/c28-24-15-8-16-25(26(24)32-18-9-2-1-3-10-18)29-27(30)31-17-23-21-13-6-4-11-19(21)20-12-5-7-14-22(20)23/h1-16,23H,17H2,(H,29,30). The minimum absolute atomic E-state index is 0.00690. The van der Waals surface area contributed by atoms with Crippen molar-refractivity contribution < 1.29 is 14.3 Å². The molecule has 32 heavy (non-hydrogen) atoms. The van der Waals surface area contributed by atoms with Gasteiger partial charge in [-0.15, -0.1) is 0 Å². The lowest BCUT2D eigenvalue weighted by Gasteiger charge is -2.16. The van der Waals surface area contributed by atoms with Gasteiger partial charge in [-0.05, 0) is 46.5 Å². The summed E-state index contributed by atoms with van der Waals surface area (Å²) in [5.41, 5.74) is 5.14. The first kappa shape index (κ1) is 20.2. The summed E-state index contributed by atoms with van der Waals surface area (Å²) >= 11 is 6.34. The van der Waals surface area contributed by atoms with E-state index < -0.39 is 6.09 Å². The summed E-state index contributed by atoms with van der Waals surface area (Å²) < 4.78 is 11.5. The molecule has 0 bridgehead atoms. The third-order valence-corrected chi connectivity index (χ3v) is 5.81. The Morgan fingerprint density at radius 2 is 1.41 bits per heavy atom. The summed E-state index contributed by atoms with van der Waals surface area (Å²) in [6, 6.07) is 30.9. The van der Waals surface area contributed by atoms with E-state index in [-0.39, 0.29) is 12.5 Å². The van der Waals surface area contributed by atoms with Crippen LogP contribution in [-0.4, -0.2) is 12.7 Å². The third-order valence-electron chi connectivity index (χ3n) is 5.51. The number of para-hydroxylation sites is 2. The van der Waals surface area contributed by atoms with Crippen LogP contribution in [0.25, 0.3) is 11.1 Å². The van der Waals surface area contributed by atoms with Gasteiger partial charge in [0.2, 0.25) is 0 Å². The quantitative estimate of drug-likeness (QED) is 0.349. The molecule has 0 saturated carbocycles. The Morgan fingerprint density at radius 1 is 0.781 bits per heavy atom. The Bertz CT molecular complexity index is 1230. The third kappa shape index (κ3) is 3.93. The van der Waals surface area contributed by atoms with Gasteiger partial charge in [-0.2, -0.15) is 0 Å². The molecule has 1 N–H and O–H groups in total. The van der Waals surface area contributed by atoms with Crippen molar-refractivity contribution in [1.82, 2.24) is 0 Å². The van der Waals surface area contributed by atoms with Gasteiger partial charge < -0.3 is 9.47 Å². The van der Waals surface area contributed by atoms with Crippen LogP contribution in [0.15, 0.2) is 97.1 Å². The predicted molar refractivity (Wildman–Crippen MR) is 127 cm³/mol. The summed E-state index contributed by atoms with van der Waals surface area (Å²) in [6.45, 7) is 0.231. The lowest BCUT2D eigenvalue weighted by Crippen LogP contribution is -2.18. The fourth-order valence-corrected chi connectivity index (χ4v) is 4.27. The van der Waals surface area contributed by atoms with E-state index >= 15 is 0 Å². The maximum atomic E-state index is 12.7. The number of nitrogens with one attached hydrogen (secondary N) is 1. The maximum Gasteiger partial charge on any atom is 0.411 e. The normalized spacial score (nSPS) is 12.0. The molecule has 5 heteroatoms. The van der Waals surface area contributed by atoms with E-state index in [2.05, 4.69) is 29.6 Å². The summed E-state index contributed by atoms with van der Waals surface area (Å²) in [6.07, 6.45) is -0.563. The van der Waals surface area contributed by atoms with Crippen molar-refractivity contribution in [2.24, 2.45) is 0 Å². The second-order valence-electron chi connectivity index (χ2n) is 7.48. The van der Waals surface area contributed by atoms with Crippen molar-refractivity contribution in [1.29, 1.82) is 0 Å². The fraction of sp³-hybridized carbons (Fsp3) is 0.0741. The number of anilines is 1. The second-order valence-corrected chi connectivity index (χ2v) is 7.89. The molecule has 0 radical (unpaired) electrons. The molecular weight excluding hydrogens is 422 g/mol. The Labute approximate surface area is 191 Å². The topological polar surface area (TPSA) is 47.6 Å². The van der Waals surface area contributed by atoms with Crippen LogP contribution in [0.3, 0.4) is 0 Å². The van der Waals surface area contributed by atoms with Gasteiger partial charge in [0, 0.05) is 5.92 Å². The van der Waals surface area contributed by atoms with E-state index in [9.17, 15) is 4.79 Å². The minimum Gasteiger partial charge on any atom is -0.454 e. The molecule has 0 fully saturated rings. The van der Waals surface area contributed by atoms with Gasteiger partial charge in [-0.1, -0.05) is 84.4 Å². The van der Waals surface area contributed by atoms with Crippen LogP contribution in [0, 0.1) is 0 Å². The number of hydrogen-bond acceptors (Lipinski definition) is 3. The maximum absolute atomic E-state index is 12.7. The van der Waals surface area contributed by atoms with Gasteiger partial charge in [-0.3, -0.25) is 5.32 Å². The Balaban J connectivity index is 1.32. The van der Waals surface area contributed by atoms with Crippen LogP contribution in [0.5, 0.6) is 11.5 Å². The predicted octanol–water partition coefficient (Wildman–Crippen LogP) is 7.49. The van der Waals surface area contributed by atoms with E-state index in [1.807, 2.05) is 54.6 Å². The number of halogens is 1. The number of amides is 1. The van der Waals surface area contributed by atoms with E-state index in [0.717, 1.165) is 11.1 Å². The molecule has 0 atom stereocenters. The monoisotopic (exact) mass is 441 g/mol. The Hall–Kier alpha value is -3.76. The highest BCUT2D eigenvalue weighted by molar-refractivity contribution is 6.32. The molecule has 4 aromatic carbocycles. The number of hydrogen-bond donors (Lipinski definition) is 1. The zero-order valence-electron chi connectivity index (χ0n) is 17.1. The zero-order chi connectivity index (χ0) is 21.9. The average molecular weight is 442 g/mol. The lowest BCUT2D eigenvalue weighted by atomic mass is 9.98. The smallest absolute Gasteiger partial charge is 0.411 e. The van der Waals surface area contributed by atoms with Crippen LogP contribution in [-0.2, 0) is 4.74 Å². The SMILES string of the molecule is O=C(Nc1cccc(Cl)c1Oc1ccccc1)OCC1c2ccccc2-c2ccccc21. The van der Waals surface area contributed by atoms with Crippen molar-refractivity contribution in [3.8, 4) is 22.6 Å². The second kappa shape index (κ2) is 8.77. The molecule has 1 aliphatic carbocycles. The molecule has 0 aliphatic heterocycles. The molecule has 1 amide bonds. The van der Waals surface area contributed by atoms with Gasteiger partial charge in [0.05, 0.1) is 10.7 Å². The number of carbonyl (C=O) groups excluding carboxylic acids is 1. The molecule has 0 heterocycles. The van der Waals surface area contributed by atoms with Crippen molar-refractivity contribution in [2.45, 2.75) is 5.92 Å². The molecule has 1 aliphatic rings. The molecule has 0 unspecified atom stereocenters. The Kier molecular flexibility index (Phi) is 5.53. The highest BCUT2D eigenvalue weighted by atomic mass is 35.5. The minimum atomic E-state index is -0.563. The fourth-order valence-electron chi connectivity index (χ4n) is 4.06.